The SMILES string of the molecule is N#Cc1ccc(S(=O)(=O)N2c3ccccc3C3(CCSCC3)C2C2CC2)cc1. The van der Waals surface area contributed by atoms with E-state index < -0.39 is 10.0 Å². The molecule has 1 atom stereocenters. The largest absolute Gasteiger partial charge is 0.264 e. The molecule has 0 bridgehead atoms. The van der Waals surface area contributed by atoms with Gasteiger partial charge in [-0.1, -0.05) is 18.2 Å². The molecule has 2 heterocycles. The van der Waals surface area contributed by atoms with Gasteiger partial charge in [0.15, 0.2) is 0 Å². The van der Waals surface area contributed by atoms with E-state index in [1.54, 1.807) is 28.6 Å². The molecule has 28 heavy (non-hydrogen) atoms. The first kappa shape index (κ1) is 18.1. The maximum absolute atomic E-state index is 13.8. The van der Waals surface area contributed by atoms with Crippen LogP contribution < -0.4 is 4.31 Å². The molecule has 1 unspecified atom stereocenters. The van der Waals surface area contributed by atoms with Crippen LogP contribution in [0.4, 0.5) is 5.69 Å². The smallest absolute Gasteiger partial charge is 0.262 e. The van der Waals surface area contributed by atoms with Gasteiger partial charge in [0.05, 0.1) is 28.3 Å². The van der Waals surface area contributed by atoms with Crippen molar-refractivity contribution in [2.45, 2.75) is 42.0 Å². The third-order valence-electron chi connectivity index (χ3n) is 6.49. The van der Waals surface area contributed by atoms with Crippen LogP contribution in [0.2, 0.25) is 0 Å². The number of benzene rings is 2. The fourth-order valence-electron chi connectivity index (χ4n) is 5.07. The average molecular weight is 411 g/mol. The van der Waals surface area contributed by atoms with Crippen LogP contribution in [-0.2, 0) is 15.4 Å². The molecule has 0 N–H and O–H groups in total. The molecule has 1 saturated heterocycles. The van der Waals surface area contributed by atoms with Crippen molar-refractivity contribution in [3.05, 3.63) is 59.7 Å². The second-order valence-electron chi connectivity index (χ2n) is 8.00. The summed E-state index contributed by atoms with van der Waals surface area (Å²) in [7, 11) is -3.69. The monoisotopic (exact) mass is 410 g/mol. The lowest BCUT2D eigenvalue weighted by Crippen LogP contribution is -2.50. The molecule has 3 aliphatic rings. The van der Waals surface area contributed by atoms with E-state index in [1.807, 2.05) is 30.0 Å². The summed E-state index contributed by atoms with van der Waals surface area (Å²) in [5.41, 5.74) is 2.48. The molecule has 0 radical (unpaired) electrons. The summed E-state index contributed by atoms with van der Waals surface area (Å²) in [5, 5.41) is 9.05. The Morgan fingerprint density at radius 1 is 1.04 bits per heavy atom. The third-order valence-corrected chi connectivity index (χ3v) is 9.29. The average Bonchev–Trinajstić information content (AvgIpc) is 3.53. The number of hydrogen-bond acceptors (Lipinski definition) is 4. The standard InChI is InChI=1S/C22H22N2O2S2/c23-15-16-5-9-18(10-6-16)28(25,26)24-20-4-2-1-3-19(20)22(11-13-27-14-12-22)21(24)17-7-8-17/h1-6,9-10,17,21H,7-8,11-14H2. The van der Waals surface area contributed by atoms with Crippen molar-refractivity contribution in [2.24, 2.45) is 5.92 Å². The van der Waals surface area contributed by atoms with E-state index in [0.29, 0.717) is 11.5 Å². The Morgan fingerprint density at radius 2 is 1.71 bits per heavy atom. The van der Waals surface area contributed by atoms with Gasteiger partial charge in [0.25, 0.3) is 10.0 Å². The Labute approximate surface area is 170 Å². The van der Waals surface area contributed by atoms with Crippen molar-refractivity contribution in [2.75, 3.05) is 15.8 Å². The predicted molar refractivity (Wildman–Crippen MR) is 112 cm³/mol. The molecule has 6 heteroatoms. The second-order valence-corrected chi connectivity index (χ2v) is 11.0. The van der Waals surface area contributed by atoms with Gasteiger partial charge in [-0.15, -0.1) is 0 Å². The van der Waals surface area contributed by atoms with E-state index in [1.165, 1.54) is 5.56 Å². The van der Waals surface area contributed by atoms with Gasteiger partial charge >= 0.3 is 0 Å². The zero-order valence-electron chi connectivity index (χ0n) is 15.5. The highest BCUT2D eigenvalue weighted by Crippen LogP contribution is 2.59. The molecule has 2 fully saturated rings. The van der Waals surface area contributed by atoms with Crippen LogP contribution in [0.1, 0.15) is 36.8 Å². The summed E-state index contributed by atoms with van der Waals surface area (Å²) in [6, 6.07) is 16.5. The molecule has 1 spiro atoms. The van der Waals surface area contributed by atoms with Crippen LogP contribution >= 0.6 is 11.8 Å². The molecule has 2 aromatic rings. The van der Waals surface area contributed by atoms with Crippen LogP contribution in [0.15, 0.2) is 53.4 Å². The topological polar surface area (TPSA) is 61.2 Å². The van der Waals surface area contributed by atoms with Crippen molar-refractivity contribution in [3.63, 3.8) is 0 Å². The van der Waals surface area contributed by atoms with Crippen LogP contribution in [0.3, 0.4) is 0 Å². The number of rotatable bonds is 3. The van der Waals surface area contributed by atoms with Gasteiger partial charge in [-0.3, -0.25) is 4.31 Å². The first-order chi connectivity index (χ1) is 13.6. The van der Waals surface area contributed by atoms with Crippen molar-refractivity contribution in [1.82, 2.24) is 0 Å². The zero-order valence-corrected chi connectivity index (χ0v) is 17.2. The summed E-state index contributed by atoms with van der Waals surface area (Å²) in [5.74, 6) is 2.61. The van der Waals surface area contributed by atoms with E-state index in [9.17, 15) is 8.42 Å². The molecule has 144 valence electrons. The molecular weight excluding hydrogens is 388 g/mol. The van der Waals surface area contributed by atoms with Crippen molar-refractivity contribution in [3.8, 4) is 6.07 Å². The minimum Gasteiger partial charge on any atom is -0.262 e. The normalized spacial score (nSPS) is 23.4. The highest BCUT2D eigenvalue weighted by molar-refractivity contribution is 7.99. The van der Waals surface area contributed by atoms with E-state index >= 15 is 0 Å². The number of fused-ring (bicyclic) bond motifs is 2. The summed E-state index contributed by atoms with van der Waals surface area (Å²) < 4.78 is 29.4. The van der Waals surface area contributed by atoms with Gasteiger partial charge in [0.2, 0.25) is 0 Å². The van der Waals surface area contributed by atoms with E-state index in [2.05, 4.69) is 12.1 Å². The minimum absolute atomic E-state index is 0.00597. The summed E-state index contributed by atoms with van der Waals surface area (Å²) in [6.45, 7) is 0. The molecular formula is C22H22N2O2S2. The van der Waals surface area contributed by atoms with Crippen molar-refractivity contribution >= 4 is 27.5 Å². The Hall–Kier alpha value is -1.97. The van der Waals surface area contributed by atoms with Gasteiger partial charge in [-0.05, 0) is 79.0 Å². The molecule has 4 nitrogen and oxygen atoms in total. The van der Waals surface area contributed by atoms with Gasteiger partial charge < -0.3 is 0 Å². The van der Waals surface area contributed by atoms with Crippen LogP contribution in [-0.4, -0.2) is 26.0 Å². The van der Waals surface area contributed by atoms with Crippen molar-refractivity contribution < 1.29 is 8.42 Å². The lowest BCUT2D eigenvalue weighted by molar-refractivity contribution is 0.315. The first-order valence-electron chi connectivity index (χ1n) is 9.80. The minimum atomic E-state index is -3.69. The fraction of sp³-hybridized carbons (Fsp3) is 0.409. The highest BCUT2D eigenvalue weighted by atomic mass is 32.2. The quantitative estimate of drug-likeness (QED) is 0.756. The first-order valence-corrected chi connectivity index (χ1v) is 12.4. The Morgan fingerprint density at radius 3 is 2.36 bits per heavy atom. The zero-order chi connectivity index (χ0) is 19.4. The third kappa shape index (κ3) is 2.60. The molecule has 5 rings (SSSR count). The highest BCUT2D eigenvalue weighted by Gasteiger charge is 2.59. The number of nitriles is 1. The number of nitrogens with zero attached hydrogens (tertiary/aromatic N) is 2. The molecule has 0 amide bonds. The number of sulfonamides is 1. The summed E-state index contributed by atoms with van der Waals surface area (Å²) in [6.07, 6.45) is 4.28. The van der Waals surface area contributed by atoms with Crippen LogP contribution in [0.25, 0.3) is 0 Å². The number of hydrogen-bond donors (Lipinski definition) is 0. The molecule has 0 aromatic heterocycles. The maximum Gasteiger partial charge on any atom is 0.264 e. The second kappa shape index (κ2) is 6.53. The Kier molecular flexibility index (Phi) is 4.22. The number of para-hydroxylation sites is 1. The Balaban J connectivity index is 1.68. The van der Waals surface area contributed by atoms with E-state index in [0.717, 1.165) is 42.9 Å². The van der Waals surface area contributed by atoms with Crippen molar-refractivity contribution in [1.29, 1.82) is 5.26 Å². The van der Waals surface area contributed by atoms with Gasteiger partial charge in [-0.2, -0.15) is 17.0 Å². The van der Waals surface area contributed by atoms with Gasteiger partial charge in [-0.25, -0.2) is 8.42 Å². The number of anilines is 1. The lowest BCUT2D eigenvalue weighted by Gasteiger charge is -2.41. The predicted octanol–water partition coefficient (Wildman–Crippen LogP) is 4.31. The summed E-state index contributed by atoms with van der Waals surface area (Å²) >= 11 is 1.98. The van der Waals surface area contributed by atoms with Crippen LogP contribution in [0, 0.1) is 17.2 Å². The molecule has 2 aromatic carbocycles. The van der Waals surface area contributed by atoms with Crippen LogP contribution in [0.5, 0.6) is 0 Å². The Bertz CT molecular complexity index is 1050. The van der Waals surface area contributed by atoms with Gasteiger partial charge in [0.1, 0.15) is 0 Å². The van der Waals surface area contributed by atoms with E-state index in [-0.39, 0.29) is 16.4 Å². The number of thioether (sulfide) groups is 1. The summed E-state index contributed by atoms with van der Waals surface area (Å²) in [4.78, 5) is 0.272. The molecule has 1 aliphatic carbocycles. The maximum atomic E-state index is 13.8. The lowest BCUT2D eigenvalue weighted by atomic mass is 9.70. The fourth-order valence-corrected chi connectivity index (χ4v) is 8.09. The molecule has 2 aliphatic heterocycles. The van der Waals surface area contributed by atoms with E-state index in [4.69, 9.17) is 5.26 Å². The molecule has 1 saturated carbocycles. The van der Waals surface area contributed by atoms with Gasteiger partial charge in [0, 0.05) is 5.41 Å².